The van der Waals surface area contributed by atoms with Gasteiger partial charge in [0.25, 0.3) is 0 Å². The summed E-state index contributed by atoms with van der Waals surface area (Å²) in [5.74, 6) is 0. The second-order valence-electron chi connectivity index (χ2n) is 19.2. The molecule has 0 unspecified atom stereocenters. The Morgan fingerprint density at radius 1 is 0.369 bits per heavy atom. The molecule has 9 aromatic rings. The molecule has 0 spiro atoms. The van der Waals surface area contributed by atoms with E-state index in [1.807, 2.05) is 0 Å². The van der Waals surface area contributed by atoms with Gasteiger partial charge in [-0.15, -0.1) is 0 Å². The molecule has 0 heterocycles. The van der Waals surface area contributed by atoms with Crippen molar-refractivity contribution in [3.05, 3.63) is 234 Å². The number of fused-ring (bicyclic) bond motifs is 6. The SMILES string of the molecule is CCCc1ccccc1-c1ccc(-c2ccc(N(c3ccc(-c4ccc5c(c4)-c4ccc(-c6ccccc6)cc4C5(C)C)cc3)c3cccc4c3-c3ccccc3C4(C)C)cc2)cc1C. The zero-order valence-electron chi connectivity index (χ0n) is 38.4. The largest absolute Gasteiger partial charge is 0.310 e. The predicted molar refractivity (Wildman–Crippen MR) is 277 cm³/mol. The maximum Gasteiger partial charge on any atom is 0.0543 e. The number of nitrogens with zero attached hydrogens (tertiary/aromatic N) is 1. The minimum Gasteiger partial charge on any atom is -0.310 e. The van der Waals surface area contributed by atoms with E-state index in [2.05, 4.69) is 247 Å². The maximum atomic E-state index is 2.47. The minimum atomic E-state index is -0.105. The van der Waals surface area contributed by atoms with E-state index in [0.29, 0.717) is 0 Å². The second kappa shape index (κ2) is 15.8. The normalized spacial score (nSPS) is 13.8. The van der Waals surface area contributed by atoms with Crippen molar-refractivity contribution in [1.29, 1.82) is 0 Å². The van der Waals surface area contributed by atoms with Gasteiger partial charge in [-0.1, -0.05) is 199 Å². The molecule has 1 heteroatoms. The van der Waals surface area contributed by atoms with E-state index in [1.54, 1.807) is 0 Å². The van der Waals surface area contributed by atoms with Crippen LogP contribution in [0.4, 0.5) is 17.1 Å². The van der Waals surface area contributed by atoms with Crippen molar-refractivity contribution in [2.45, 2.75) is 65.2 Å². The summed E-state index contributed by atoms with van der Waals surface area (Å²) in [5, 5.41) is 0. The van der Waals surface area contributed by atoms with E-state index in [4.69, 9.17) is 0 Å². The van der Waals surface area contributed by atoms with Gasteiger partial charge >= 0.3 is 0 Å². The van der Waals surface area contributed by atoms with Crippen LogP contribution < -0.4 is 4.90 Å². The molecule has 2 aliphatic carbocycles. The van der Waals surface area contributed by atoms with Crippen molar-refractivity contribution in [2.75, 3.05) is 4.90 Å². The lowest BCUT2D eigenvalue weighted by molar-refractivity contribution is 0.660. The number of hydrogen-bond acceptors (Lipinski definition) is 1. The van der Waals surface area contributed by atoms with Gasteiger partial charge in [0.05, 0.1) is 5.69 Å². The number of benzene rings is 9. The van der Waals surface area contributed by atoms with Gasteiger partial charge in [-0.25, -0.2) is 0 Å². The fourth-order valence-electron chi connectivity index (χ4n) is 11.1. The zero-order valence-corrected chi connectivity index (χ0v) is 38.4. The molecule has 9 aromatic carbocycles. The number of aryl methyl sites for hydroxylation is 2. The highest BCUT2D eigenvalue weighted by Crippen LogP contribution is 2.55. The average molecular weight is 838 g/mol. The van der Waals surface area contributed by atoms with Crippen molar-refractivity contribution in [2.24, 2.45) is 0 Å². The van der Waals surface area contributed by atoms with Crippen LogP contribution in [-0.4, -0.2) is 0 Å². The Bertz CT molecular complexity index is 3260. The molecule has 2 aliphatic rings. The van der Waals surface area contributed by atoms with Gasteiger partial charge in [-0.3, -0.25) is 0 Å². The maximum absolute atomic E-state index is 2.47. The Morgan fingerprint density at radius 2 is 0.892 bits per heavy atom. The van der Waals surface area contributed by atoms with Crippen LogP contribution in [0.2, 0.25) is 0 Å². The van der Waals surface area contributed by atoms with Gasteiger partial charge in [0.2, 0.25) is 0 Å². The highest BCUT2D eigenvalue weighted by atomic mass is 15.1. The molecule has 11 rings (SSSR count). The number of anilines is 3. The van der Waals surface area contributed by atoms with Crippen LogP contribution in [-0.2, 0) is 17.3 Å². The van der Waals surface area contributed by atoms with Gasteiger partial charge in [-0.05, 0) is 150 Å². The third-order valence-electron chi connectivity index (χ3n) is 14.6. The molecule has 0 aliphatic heterocycles. The third kappa shape index (κ3) is 6.76. The van der Waals surface area contributed by atoms with Gasteiger partial charge in [0.15, 0.2) is 0 Å². The summed E-state index contributed by atoms with van der Waals surface area (Å²) in [5.41, 5.74) is 26.9. The van der Waals surface area contributed by atoms with Crippen molar-refractivity contribution in [3.63, 3.8) is 0 Å². The molecule has 0 N–H and O–H groups in total. The fourth-order valence-corrected chi connectivity index (χ4v) is 11.1. The van der Waals surface area contributed by atoms with Crippen LogP contribution in [0.1, 0.15) is 74.4 Å². The molecule has 0 amide bonds. The molecular weight excluding hydrogens is 783 g/mol. The second-order valence-corrected chi connectivity index (χ2v) is 19.2. The monoisotopic (exact) mass is 837 g/mol. The van der Waals surface area contributed by atoms with Crippen molar-refractivity contribution in [3.8, 4) is 66.8 Å². The van der Waals surface area contributed by atoms with Crippen molar-refractivity contribution < 1.29 is 0 Å². The van der Waals surface area contributed by atoms with Crippen LogP contribution >= 0.6 is 0 Å². The van der Waals surface area contributed by atoms with E-state index >= 15 is 0 Å². The fraction of sp³-hybridized carbons (Fsp3) is 0.156. The average Bonchev–Trinajstić information content (AvgIpc) is 3.72. The van der Waals surface area contributed by atoms with E-state index in [9.17, 15) is 0 Å². The Balaban J connectivity index is 0.974. The van der Waals surface area contributed by atoms with E-state index in [1.165, 1.54) is 106 Å². The first-order valence-corrected chi connectivity index (χ1v) is 23.4. The predicted octanol–water partition coefficient (Wildman–Crippen LogP) is 17.7. The van der Waals surface area contributed by atoms with Crippen LogP contribution in [0, 0.1) is 6.92 Å². The van der Waals surface area contributed by atoms with Gasteiger partial charge < -0.3 is 4.90 Å². The summed E-state index contributed by atoms with van der Waals surface area (Å²) >= 11 is 0. The Hall–Kier alpha value is -7.22. The summed E-state index contributed by atoms with van der Waals surface area (Å²) < 4.78 is 0. The molecular formula is C64H55N. The molecule has 0 fully saturated rings. The Labute approximate surface area is 385 Å². The highest BCUT2D eigenvalue weighted by molar-refractivity contribution is 5.95. The number of hydrogen-bond donors (Lipinski definition) is 0. The zero-order chi connectivity index (χ0) is 44.5. The Morgan fingerprint density at radius 3 is 1.58 bits per heavy atom. The lowest BCUT2D eigenvalue weighted by Gasteiger charge is -2.29. The molecule has 0 saturated heterocycles. The molecule has 65 heavy (non-hydrogen) atoms. The van der Waals surface area contributed by atoms with E-state index < -0.39 is 0 Å². The first kappa shape index (κ1) is 40.5. The minimum absolute atomic E-state index is 0.0835. The third-order valence-corrected chi connectivity index (χ3v) is 14.6. The molecule has 316 valence electrons. The van der Waals surface area contributed by atoms with Gasteiger partial charge in [0.1, 0.15) is 0 Å². The van der Waals surface area contributed by atoms with Crippen molar-refractivity contribution in [1.82, 2.24) is 0 Å². The topological polar surface area (TPSA) is 3.24 Å². The van der Waals surface area contributed by atoms with Gasteiger partial charge in [-0.2, -0.15) is 0 Å². The lowest BCUT2D eigenvalue weighted by atomic mass is 9.81. The van der Waals surface area contributed by atoms with Crippen molar-refractivity contribution >= 4 is 17.1 Å². The smallest absolute Gasteiger partial charge is 0.0543 e. The summed E-state index contributed by atoms with van der Waals surface area (Å²) in [7, 11) is 0. The highest BCUT2D eigenvalue weighted by Gasteiger charge is 2.38. The first-order chi connectivity index (χ1) is 31.6. The number of rotatable bonds is 9. The van der Waals surface area contributed by atoms with Crippen LogP contribution in [0.3, 0.4) is 0 Å². The summed E-state index contributed by atoms with van der Waals surface area (Å²) in [6.07, 6.45) is 2.22. The van der Waals surface area contributed by atoms with Crippen LogP contribution in [0.25, 0.3) is 66.8 Å². The molecule has 0 atom stereocenters. The van der Waals surface area contributed by atoms with E-state index in [0.717, 1.165) is 24.2 Å². The molecule has 0 radical (unpaired) electrons. The Kier molecular flexibility index (Phi) is 9.85. The summed E-state index contributed by atoms with van der Waals surface area (Å²) in [6, 6.07) is 75.0. The van der Waals surface area contributed by atoms with Crippen LogP contribution in [0.5, 0.6) is 0 Å². The molecule has 1 nitrogen and oxygen atoms in total. The standard InChI is InChI=1S/C64H55N/c1-7-16-46-19-11-12-20-53(46)52-36-29-47(39-42(52)2)44-25-32-50(33-26-44)65(61-24-15-23-59-62(61)55-21-13-14-22-57(55)63(59,3)4)51-34-27-45(28-35-51)48-31-38-58-56(40-48)54-37-30-49(41-60(54)64(58,5)6)43-17-9-8-10-18-43/h8-15,17-41H,7,16H2,1-6H3. The molecule has 0 bridgehead atoms. The summed E-state index contributed by atoms with van der Waals surface area (Å²) in [4.78, 5) is 2.47. The van der Waals surface area contributed by atoms with Crippen LogP contribution in [0.15, 0.2) is 200 Å². The van der Waals surface area contributed by atoms with Gasteiger partial charge in [0, 0.05) is 27.8 Å². The summed E-state index contributed by atoms with van der Waals surface area (Å²) in [6.45, 7) is 14.0. The first-order valence-electron chi connectivity index (χ1n) is 23.4. The molecule has 0 aromatic heterocycles. The quantitative estimate of drug-likeness (QED) is 0.140. The molecule has 0 saturated carbocycles. The van der Waals surface area contributed by atoms with E-state index in [-0.39, 0.29) is 10.8 Å². The lowest BCUT2D eigenvalue weighted by Crippen LogP contribution is -2.16.